The molecule has 2 N–H and O–H groups in total. The van der Waals surface area contributed by atoms with Crippen LogP contribution in [0.2, 0.25) is 0 Å². The topological polar surface area (TPSA) is 61.4 Å². The predicted octanol–water partition coefficient (Wildman–Crippen LogP) is 3.35. The maximum absolute atomic E-state index is 12.8. The summed E-state index contributed by atoms with van der Waals surface area (Å²) in [7, 11) is 4.10. The third-order valence-corrected chi connectivity index (χ3v) is 6.36. The molecule has 2 aromatic rings. The van der Waals surface area contributed by atoms with E-state index in [1.807, 2.05) is 26.2 Å². The molecule has 5 nitrogen and oxygen atoms in total. The van der Waals surface area contributed by atoms with Gasteiger partial charge in [-0.05, 0) is 68.0 Å². The number of nitrogens with one attached hydrogen (secondary N) is 2. The summed E-state index contributed by atoms with van der Waals surface area (Å²) in [6.07, 6.45) is 4.29. The molecule has 2 atom stereocenters. The van der Waals surface area contributed by atoms with E-state index < -0.39 is 0 Å². The summed E-state index contributed by atoms with van der Waals surface area (Å²) in [4.78, 5) is 26.5. The number of likely N-dealkylation sites (N-methyl/N-ethyl adjacent to an activating group) is 1. The van der Waals surface area contributed by atoms with Gasteiger partial charge in [0.25, 0.3) is 0 Å². The van der Waals surface area contributed by atoms with E-state index >= 15 is 0 Å². The summed E-state index contributed by atoms with van der Waals surface area (Å²) >= 11 is 0. The first kappa shape index (κ1) is 20.6. The second kappa shape index (κ2) is 9.00. The first-order chi connectivity index (χ1) is 14.5. The number of hydrogen-bond donors (Lipinski definition) is 2. The number of amides is 2. The molecule has 1 aliphatic heterocycles. The molecule has 1 aliphatic carbocycles. The summed E-state index contributed by atoms with van der Waals surface area (Å²) in [6.45, 7) is 0.617. The van der Waals surface area contributed by atoms with E-state index in [-0.39, 0.29) is 17.9 Å². The van der Waals surface area contributed by atoms with Crippen molar-refractivity contribution < 1.29 is 9.59 Å². The molecule has 0 saturated heterocycles. The molecule has 0 spiro atoms. The highest BCUT2D eigenvalue weighted by Crippen LogP contribution is 2.44. The molecular formula is C25H31N3O2. The SMILES string of the molecule is CN(C)[C@H](CNC(=O)C[C@H](c1ccccc1)C1CC1)Cc1ccc2c(c1)CC(=O)N2. The summed E-state index contributed by atoms with van der Waals surface area (Å²) in [5.74, 6) is 1.16. The van der Waals surface area contributed by atoms with E-state index in [1.54, 1.807) is 0 Å². The first-order valence-corrected chi connectivity index (χ1v) is 10.9. The molecule has 2 aliphatic rings. The van der Waals surface area contributed by atoms with Crippen LogP contribution in [0.4, 0.5) is 5.69 Å². The molecule has 0 bridgehead atoms. The van der Waals surface area contributed by atoms with Gasteiger partial charge in [0.15, 0.2) is 0 Å². The van der Waals surface area contributed by atoms with Crippen molar-refractivity contribution in [2.75, 3.05) is 26.0 Å². The zero-order chi connectivity index (χ0) is 21.1. The van der Waals surface area contributed by atoms with Gasteiger partial charge in [-0.25, -0.2) is 0 Å². The van der Waals surface area contributed by atoms with Gasteiger partial charge in [0, 0.05) is 24.7 Å². The summed E-state index contributed by atoms with van der Waals surface area (Å²) in [6, 6.07) is 16.8. The van der Waals surface area contributed by atoms with E-state index in [0.29, 0.717) is 31.2 Å². The Morgan fingerprint density at radius 2 is 1.93 bits per heavy atom. The van der Waals surface area contributed by atoms with Gasteiger partial charge in [0.05, 0.1) is 6.42 Å². The Hall–Kier alpha value is -2.66. The maximum Gasteiger partial charge on any atom is 0.228 e. The average Bonchev–Trinajstić information content (AvgIpc) is 3.50. The molecule has 1 fully saturated rings. The predicted molar refractivity (Wildman–Crippen MR) is 119 cm³/mol. The van der Waals surface area contributed by atoms with Crippen molar-refractivity contribution in [3.63, 3.8) is 0 Å². The molecule has 1 saturated carbocycles. The summed E-state index contributed by atoms with van der Waals surface area (Å²) < 4.78 is 0. The van der Waals surface area contributed by atoms with Crippen LogP contribution in [0, 0.1) is 5.92 Å². The van der Waals surface area contributed by atoms with Crippen LogP contribution in [-0.4, -0.2) is 43.4 Å². The van der Waals surface area contributed by atoms with Crippen molar-refractivity contribution in [3.8, 4) is 0 Å². The zero-order valence-electron chi connectivity index (χ0n) is 17.9. The Kier molecular flexibility index (Phi) is 6.18. The fourth-order valence-electron chi connectivity index (χ4n) is 4.38. The van der Waals surface area contributed by atoms with Crippen molar-refractivity contribution in [1.29, 1.82) is 0 Å². The number of benzene rings is 2. The molecule has 4 rings (SSSR count). The largest absolute Gasteiger partial charge is 0.355 e. The lowest BCUT2D eigenvalue weighted by Gasteiger charge is -2.25. The Morgan fingerprint density at radius 1 is 1.17 bits per heavy atom. The van der Waals surface area contributed by atoms with E-state index in [1.165, 1.54) is 24.0 Å². The molecule has 2 amide bonds. The Labute approximate surface area is 178 Å². The lowest BCUT2D eigenvalue weighted by Crippen LogP contribution is -2.42. The highest BCUT2D eigenvalue weighted by atomic mass is 16.2. The van der Waals surface area contributed by atoms with Gasteiger partial charge in [-0.1, -0.05) is 42.5 Å². The number of fused-ring (bicyclic) bond motifs is 1. The van der Waals surface area contributed by atoms with Crippen LogP contribution in [0.3, 0.4) is 0 Å². The van der Waals surface area contributed by atoms with Gasteiger partial charge in [-0.2, -0.15) is 0 Å². The Balaban J connectivity index is 1.34. The average molecular weight is 406 g/mol. The molecule has 1 heterocycles. The minimum Gasteiger partial charge on any atom is -0.355 e. The monoisotopic (exact) mass is 405 g/mol. The second-order valence-corrected chi connectivity index (χ2v) is 8.90. The standard InChI is InChI=1S/C25H31N3O2/c1-28(2)21(13-17-8-11-23-20(12-17)14-25(30)27-23)16-26-24(29)15-22(19-9-10-19)18-6-4-3-5-7-18/h3-8,11-12,19,21-22H,9-10,13-16H2,1-2H3,(H,26,29)(H,27,30)/t21-,22+/m0/s1. The van der Waals surface area contributed by atoms with Crippen LogP contribution in [0.25, 0.3) is 0 Å². The van der Waals surface area contributed by atoms with Crippen LogP contribution in [0.15, 0.2) is 48.5 Å². The third-order valence-electron chi connectivity index (χ3n) is 6.36. The van der Waals surface area contributed by atoms with Crippen molar-refractivity contribution in [3.05, 3.63) is 65.2 Å². The van der Waals surface area contributed by atoms with E-state index in [2.05, 4.69) is 51.9 Å². The fraction of sp³-hybridized carbons (Fsp3) is 0.440. The van der Waals surface area contributed by atoms with Crippen molar-refractivity contribution in [2.24, 2.45) is 5.92 Å². The van der Waals surface area contributed by atoms with Gasteiger partial charge >= 0.3 is 0 Å². The van der Waals surface area contributed by atoms with Gasteiger partial charge < -0.3 is 15.5 Å². The zero-order valence-corrected chi connectivity index (χ0v) is 17.9. The van der Waals surface area contributed by atoms with Gasteiger partial charge in [-0.3, -0.25) is 9.59 Å². The molecule has 0 aromatic heterocycles. The van der Waals surface area contributed by atoms with Crippen LogP contribution < -0.4 is 10.6 Å². The van der Waals surface area contributed by atoms with Crippen LogP contribution in [0.1, 0.15) is 41.9 Å². The molecular weight excluding hydrogens is 374 g/mol. The lowest BCUT2D eigenvalue weighted by atomic mass is 9.90. The van der Waals surface area contributed by atoms with Gasteiger partial charge in [0.1, 0.15) is 0 Å². The maximum atomic E-state index is 12.8. The number of anilines is 1. The Morgan fingerprint density at radius 3 is 2.63 bits per heavy atom. The third kappa shape index (κ3) is 5.08. The van der Waals surface area contributed by atoms with E-state index in [9.17, 15) is 9.59 Å². The van der Waals surface area contributed by atoms with E-state index in [0.717, 1.165) is 17.7 Å². The quantitative estimate of drug-likeness (QED) is 0.673. The number of carbonyl (C=O) groups is 2. The first-order valence-electron chi connectivity index (χ1n) is 10.9. The minimum atomic E-state index is 0.0576. The fourth-order valence-corrected chi connectivity index (χ4v) is 4.38. The smallest absolute Gasteiger partial charge is 0.228 e. The molecule has 158 valence electrons. The number of rotatable bonds is 9. The van der Waals surface area contributed by atoms with Crippen LogP contribution >= 0.6 is 0 Å². The van der Waals surface area contributed by atoms with E-state index in [4.69, 9.17) is 0 Å². The van der Waals surface area contributed by atoms with Crippen molar-refractivity contribution >= 4 is 17.5 Å². The molecule has 0 radical (unpaired) electrons. The highest BCUT2D eigenvalue weighted by molar-refractivity contribution is 5.99. The lowest BCUT2D eigenvalue weighted by molar-refractivity contribution is -0.121. The normalized spacial score (nSPS) is 17.4. The highest BCUT2D eigenvalue weighted by Gasteiger charge is 2.33. The van der Waals surface area contributed by atoms with Crippen molar-refractivity contribution in [1.82, 2.24) is 10.2 Å². The molecule has 2 aromatic carbocycles. The van der Waals surface area contributed by atoms with Gasteiger partial charge in [-0.15, -0.1) is 0 Å². The number of nitrogens with zero attached hydrogens (tertiary/aromatic N) is 1. The Bertz CT molecular complexity index is 906. The minimum absolute atomic E-state index is 0.0576. The number of carbonyl (C=O) groups excluding carboxylic acids is 2. The summed E-state index contributed by atoms with van der Waals surface area (Å²) in [5, 5.41) is 6.06. The summed E-state index contributed by atoms with van der Waals surface area (Å²) in [5.41, 5.74) is 4.46. The van der Waals surface area contributed by atoms with Crippen LogP contribution in [-0.2, 0) is 22.4 Å². The van der Waals surface area contributed by atoms with Gasteiger partial charge in [0.2, 0.25) is 11.8 Å². The van der Waals surface area contributed by atoms with Crippen molar-refractivity contribution in [2.45, 2.75) is 44.1 Å². The molecule has 0 unspecified atom stereocenters. The molecule has 30 heavy (non-hydrogen) atoms. The molecule has 5 heteroatoms. The second-order valence-electron chi connectivity index (χ2n) is 8.90. The number of hydrogen-bond acceptors (Lipinski definition) is 3. The van der Waals surface area contributed by atoms with Crippen LogP contribution in [0.5, 0.6) is 0 Å².